The number of hydrogen-bond donors (Lipinski definition) is 17. The number of phenolic OH excluding ortho intramolecular Hbond substituents is 2. The van der Waals surface area contributed by atoms with Gasteiger partial charge in [-0.15, -0.1) is 15.3 Å². The van der Waals surface area contributed by atoms with Crippen LogP contribution in [0, 0.1) is 40.4 Å². The van der Waals surface area contributed by atoms with Gasteiger partial charge in [0.25, 0.3) is 5.91 Å². The maximum absolute atomic E-state index is 13.9. The minimum Gasteiger partial charge on any atom is -0.508 e. The van der Waals surface area contributed by atoms with Crippen LogP contribution in [0.25, 0.3) is 17.1 Å². The number of carboxylic acid groups (broad SMARTS) is 7. The molecule has 0 unspecified atom stereocenters. The Morgan fingerprint density at radius 1 is 0.479 bits per heavy atom. The van der Waals surface area contributed by atoms with Gasteiger partial charge in [0.15, 0.2) is 5.82 Å². The largest absolute Gasteiger partial charge is 0.508 e. The summed E-state index contributed by atoms with van der Waals surface area (Å²) < 4.78 is 15.1. The van der Waals surface area contributed by atoms with Crippen LogP contribution in [0.4, 0.5) is 0 Å². The Kier molecular flexibility index (Phi) is 54.5. The number of piperazine rings is 1. The van der Waals surface area contributed by atoms with E-state index in [-0.39, 0.29) is 252 Å². The van der Waals surface area contributed by atoms with Crippen LogP contribution < -0.4 is 42.5 Å². The van der Waals surface area contributed by atoms with Crippen molar-refractivity contribution in [3.05, 3.63) is 98.6 Å². The van der Waals surface area contributed by atoms with E-state index >= 15 is 0 Å². The first-order valence-electron chi connectivity index (χ1n) is 47.7. The molecule has 0 bridgehead atoms. The molecule has 2 saturated heterocycles. The van der Waals surface area contributed by atoms with E-state index < -0.39 is 160 Å². The number of aromatic hydroxyl groups is 2. The van der Waals surface area contributed by atoms with Crippen molar-refractivity contribution in [3.63, 3.8) is 0 Å². The number of rotatable bonds is 63. The number of amides is 10. The number of aryl methyl sites for hydroxylation is 2. The minimum atomic E-state index is -1.74. The fourth-order valence-corrected chi connectivity index (χ4v) is 16.2. The molecule has 7 rings (SSSR count). The van der Waals surface area contributed by atoms with E-state index in [1.165, 1.54) is 10.6 Å². The van der Waals surface area contributed by atoms with Gasteiger partial charge in [0.1, 0.15) is 48.0 Å². The maximum atomic E-state index is 13.9. The van der Waals surface area contributed by atoms with E-state index in [4.69, 9.17) is 9.47 Å². The summed E-state index contributed by atoms with van der Waals surface area (Å²) in [5.41, 5.74) is 3.75. The number of carbonyl (C=O) groups excluding carboxylic acids is 10. The van der Waals surface area contributed by atoms with Crippen molar-refractivity contribution in [1.29, 1.82) is 0 Å². The van der Waals surface area contributed by atoms with Gasteiger partial charge >= 0.3 is 41.8 Å². The number of unbranched alkanes of at least 4 members (excludes halogenated alkanes) is 1. The number of carbonyl (C=O) groups is 17. The zero-order valence-corrected chi connectivity index (χ0v) is 84.8. The fourth-order valence-electron chi connectivity index (χ4n) is 15.8. The zero-order valence-electron chi connectivity index (χ0n) is 81.0. The van der Waals surface area contributed by atoms with E-state index in [1.54, 1.807) is 65.4 Å². The molecule has 0 aliphatic carbocycles. The number of nitrogens with one attached hydrogen (secondary N) is 8. The van der Waals surface area contributed by atoms with Crippen LogP contribution in [-0.2, 0) is 112 Å². The first-order valence-corrected chi connectivity index (χ1v) is 48.8. The van der Waals surface area contributed by atoms with Crippen LogP contribution in [0.2, 0.25) is 0 Å². The summed E-state index contributed by atoms with van der Waals surface area (Å²) >= 11 is 2.22. The molecule has 2 aliphatic rings. The number of aliphatic carboxylic acids is 7. The number of halogens is 1. The number of nitrogens with zero attached hydrogens (tertiary/aromatic N) is 13. The van der Waals surface area contributed by atoms with Crippen molar-refractivity contribution in [3.8, 4) is 28.6 Å². The number of ether oxygens (including phenoxy) is 2. The third kappa shape index (κ3) is 45.2. The molecule has 2 fully saturated rings. The van der Waals surface area contributed by atoms with E-state index in [2.05, 4.69) is 90.5 Å². The number of carboxylic acids is 7. The Balaban J connectivity index is 0.0000317. The minimum absolute atomic E-state index is 0. The molecular weight excluding hydrogens is 2160 g/mol. The Morgan fingerprint density at radius 2 is 1.01 bits per heavy atom. The van der Waals surface area contributed by atoms with Gasteiger partial charge in [0.2, 0.25) is 59.0 Å². The summed E-state index contributed by atoms with van der Waals surface area (Å²) in [4.78, 5) is 229. The van der Waals surface area contributed by atoms with Crippen LogP contribution in [-0.4, -0.2) is 399 Å². The van der Waals surface area contributed by atoms with Gasteiger partial charge in [-0.05, 0) is 147 Å². The summed E-state index contributed by atoms with van der Waals surface area (Å²) in [5.74, 6) is -15.2. The summed E-state index contributed by atoms with van der Waals surface area (Å²) in [6.07, 6.45) is 0.757. The number of aromatic nitrogens is 6. The molecule has 5 aromatic rings. The fraction of sp³-hybridized carbons (Fsp3) is 0.581. The molecule has 17 N–H and O–H groups in total. The van der Waals surface area contributed by atoms with Crippen LogP contribution in [0.3, 0.4) is 0 Å². The van der Waals surface area contributed by atoms with Gasteiger partial charge in [0, 0.05) is 234 Å². The standard InChI is InChI=1S/C93H134IN21O28.Lu/c1-4-95-92(139)88-105-104-87(68-52-67(61(2)3)73(116)53-74(68)117)115(88)66-20-16-63(17-21-66)54-107-43-47-112(48-44-107)80(123)30-33-99-89(136)69(22-27-81(124)125)101-91(138)71(24-29-83(128)129)102-90(137)70(23-28-82(126)127)100-78(121)60-143-51-50-142-49-34-98-75(118)11-5-6-36-114-56-65(103-106-114)55-113(79(122)13-8-31-96-76(119)12-7-10-62-14-18-64(94)19-15-62)35-9-32-97-77(120)26-25-72(93(140)141)111-45-41-109(58-85(132)133)39-37-108(57-84(130)131)38-40-110(42-46-111)59-86(134)135;/h14-21,52-53,56,61,69-72,116-117H,4-13,22-51,54-55,57-60H2,1-3H3,(H,95,139)(H,96,119)(H,97,120)(H,98,118)(H,99,136)(H,100,121)(H,101,138)(H,102,137)(H,124,125)(H,126,127)(H,128,129)(H,130,131)(H,132,133)(H,134,135)(H,140,141);/t69-,70-,71-,72-;/m1./s1. The molecule has 49 nitrogen and oxygen atoms in total. The number of hydrogen-bond acceptors (Lipinski definition) is 30. The van der Waals surface area contributed by atoms with E-state index in [0.717, 1.165) is 21.1 Å². The van der Waals surface area contributed by atoms with Crippen LogP contribution in [0.5, 0.6) is 11.5 Å². The number of phenols is 2. The van der Waals surface area contributed by atoms with E-state index in [0.29, 0.717) is 94.9 Å². The smallest absolute Gasteiger partial charge is 0.320 e. The van der Waals surface area contributed by atoms with Crippen LogP contribution in [0.1, 0.15) is 169 Å². The van der Waals surface area contributed by atoms with Crippen molar-refractivity contribution >= 4 is 123 Å². The second-order valence-corrected chi connectivity index (χ2v) is 36.1. The van der Waals surface area contributed by atoms with Crippen molar-refractivity contribution in [2.24, 2.45) is 0 Å². The second-order valence-electron chi connectivity index (χ2n) is 34.9. The molecule has 1 radical (unpaired) electrons. The molecule has 51 heteroatoms. The van der Waals surface area contributed by atoms with Gasteiger partial charge < -0.3 is 108 Å². The van der Waals surface area contributed by atoms with Gasteiger partial charge in [-0.3, -0.25) is 115 Å². The molecule has 3 aromatic carbocycles. The molecule has 801 valence electrons. The average Bonchev–Trinajstić information content (AvgIpc) is 1.61. The van der Waals surface area contributed by atoms with Crippen molar-refractivity contribution < 1.29 is 174 Å². The summed E-state index contributed by atoms with van der Waals surface area (Å²) in [6.45, 7) is 7.16. The summed E-state index contributed by atoms with van der Waals surface area (Å²) in [7, 11) is 0. The van der Waals surface area contributed by atoms with Crippen LogP contribution in [0.15, 0.2) is 66.9 Å². The Morgan fingerprint density at radius 3 is 1.57 bits per heavy atom. The summed E-state index contributed by atoms with van der Waals surface area (Å²) in [6, 6.07) is 11.9. The van der Waals surface area contributed by atoms with Gasteiger partial charge in [-0.1, -0.05) is 43.3 Å². The third-order valence-corrected chi connectivity index (χ3v) is 24.2. The predicted octanol–water partition coefficient (Wildman–Crippen LogP) is 0.0969. The first kappa shape index (κ1) is 121. The molecule has 2 aromatic heterocycles. The third-order valence-electron chi connectivity index (χ3n) is 23.5. The van der Waals surface area contributed by atoms with Crippen molar-refractivity contribution in [2.75, 3.05) is 164 Å². The summed E-state index contributed by atoms with van der Waals surface area (Å²) in [5, 5.41) is 127. The van der Waals surface area contributed by atoms with Gasteiger partial charge in [0.05, 0.1) is 57.8 Å². The Labute approximate surface area is 875 Å². The second kappa shape index (κ2) is 64.9. The van der Waals surface area contributed by atoms with Crippen LogP contribution >= 0.6 is 22.6 Å². The molecule has 0 spiro atoms. The topological polar surface area (TPSA) is 671 Å². The van der Waals surface area contributed by atoms with Crippen molar-refractivity contribution in [2.45, 2.75) is 186 Å². The van der Waals surface area contributed by atoms with E-state index in [9.17, 15) is 127 Å². The SMILES string of the molecule is CCNC(=O)c1nnc(-c2cc(C(C)C)c(O)cc2O)n1-c1ccc(CN2CCN(C(=O)CCNC(=O)[C@@H](CCC(=O)O)NC(=O)[C@@H](CCC(=O)O)NC(=O)[C@@H](CCC(=O)O)NC(=O)COCCOCCNC(=O)CCCCn3cc(CN(CCCNC(=O)CC[C@H](C(=O)O)N4CCN(CC(=O)O)CCN(CC(=O)O)CCN(CC(=O)O)CC4)C(=O)CCCNC(=O)CCCc4ccc(I)cc4)nn3)CC2)cc1.[Lu]. The molecule has 4 heterocycles. The van der Waals surface area contributed by atoms with Crippen molar-refractivity contribution in [1.82, 2.24) is 107 Å². The average molecular weight is 2300 g/mol. The maximum Gasteiger partial charge on any atom is 0.320 e. The molecule has 10 amide bonds. The molecular formula is C93H134ILuN21O28. The Bertz CT molecular complexity index is 5030. The Hall–Kier alpha value is -11.8. The van der Waals surface area contributed by atoms with Gasteiger partial charge in [-0.25, -0.2) is 0 Å². The normalized spacial score (nSPS) is 14.4. The van der Waals surface area contributed by atoms with E-state index in [1.807, 2.05) is 50.2 Å². The molecule has 4 atom stereocenters. The molecule has 2 aliphatic heterocycles. The first-order chi connectivity index (χ1) is 68.3. The quantitative estimate of drug-likeness (QED) is 0.0181. The van der Waals surface area contributed by atoms with Gasteiger partial charge in [-0.2, -0.15) is 0 Å². The monoisotopic (exact) mass is 2290 g/mol. The zero-order chi connectivity index (χ0) is 104. The predicted molar refractivity (Wildman–Crippen MR) is 518 cm³/mol. The molecule has 0 saturated carbocycles. The number of benzene rings is 3. The molecule has 144 heavy (non-hydrogen) atoms.